The molecule has 0 saturated heterocycles. The molecule has 4 fully saturated rings. The molecule has 138 valence electrons. The van der Waals surface area contributed by atoms with Crippen molar-refractivity contribution in [2.75, 3.05) is 0 Å². The third-order valence-corrected chi connectivity index (χ3v) is 10.9. The first-order valence-corrected chi connectivity index (χ1v) is 11.2. The van der Waals surface area contributed by atoms with Crippen molar-refractivity contribution in [3.05, 3.63) is 0 Å². The summed E-state index contributed by atoms with van der Waals surface area (Å²) in [5.41, 5.74) is 2.49. The Bertz CT molecular complexity index is 504. The molecule has 0 amide bonds. The van der Waals surface area contributed by atoms with Crippen molar-refractivity contribution in [1.29, 1.82) is 0 Å². The quantitative estimate of drug-likeness (QED) is 0.467. The lowest BCUT2D eigenvalue weighted by atomic mass is 9.38. The van der Waals surface area contributed by atoms with E-state index < -0.39 is 0 Å². The second-order valence-electron chi connectivity index (χ2n) is 11.7. The Kier molecular flexibility index (Phi) is 3.82. The molecule has 4 aliphatic carbocycles. The van der Waals surface area contributed by atoms with Crippen LogP contribution in [0.1, 0.15) is 106 Å². The first-order chi connectivity index (χ1) is 11.2. The molecule has 0 aromatic rings. The van der Waals surface area contributed by atoms with Crippen molar-refractivity contribution in [1.82, 2.24) is 0 Å². The van der Waals surface area contributed by atoms with Crippen LogP contribution in [0.15, 0.2) is 0 Å². The lowest BCUT2D eigenvalue weighted by Gasteiger charge is -2.66. The molecular weight excluding hydrogens is 288 g/mol. The van der Waals surface area contributed by atoms with E-state index >= 15 is 0 Å². The topological polar surface area (TPSA) is 0 Å². The molecule has 0 aromatic carbocycles. The van der Waals surface area contributed by atoms with Crippen LogP contribution in [0.5, 0.6) is 0 Å². The van der Waals surface area contributed by atoms with Gasteiger partial charge in [-0.25, -0.2) is 0 Å². The van der Waals surface area contributed by atoms with Crippen molar-refractivity contribution in [3.63, 3.8) is 0 Å². The van der Waals surface area contributed by atoms with Crippen molar-refractivity contribution in [2.24, 2.45) is 45.3 Å². The van der Waals surface area contributed by atoms with Crippen LogP contribution in [0.25, 0.3) is 0 Å². The first-order valence-electron chi connectivity index (χ1n) is 11.2. The average Bonchev–Trinajstić information content (AvgIpc) is 2.78. The van der Waals surface area contributed by atoms with Crippen LogP contribution in [0.2, 0.25) is 0 Å². The Labute approximate surface area is 151 Å². The summed E-state index contributed by atoms with van der Waals surface area (Å²) in [7, 11) is 0. The molecule has 0 nitrogen and oxygen atoms in total. The maximum atomic E-state index is 2.73. The van der Waals surface area contributed by atoms with E-state index in [9.17, 15) is 0 Å². The molecule has 7 atom stereocenters. The minimum absolute atomic E-state index is 0.585. The van der Waals surface area contributed by atoms with Gasteiger partial charge in [-0.3, -0.25) is 0 Å². The van der Waals surface area contributed by atoms with E-state index in [1.165, 1.54) is 64.2 Å². The average molecular weight is 331 g/mol. The molecule has 4 rings (SSSR count). The lowest BCUT2D eigenvalue weighted by molar-refractivity contribution is -0.176. The van der Waals surface area contributed by atoms with Gasteiger partial charge in [-0.05, 0) is 96.7 Å². The Balaban J connectivity index is 1.70. The summed E-state index contributed by atoms with van der Waals surface area (Å²) in [5, 5.41) is 0. The third-order valence-electron chi connectivity index (χ3n) is 10.9. The summed E-state index contributed by atoms with van der Waals surface area (Å²) in [4.78, 5) is 0. The zero-order chi connectivity index (χ0) is 17.4. The molecule has 0 N–H and O–H groups in total. The molecule has 1 unspecified atom stereocenters. The van der Waals surface area contributed by atoms with Gasteiger partial charge in [-0.2, -0.15) is 0 Å². The Morgan fingerprint density at radius 1 is 0.708 bits per heavy atom. The number of hydrogen-bond acceptors (Lipinski definition) is 0. The summed E-state index contributed by atoms with van der Waals surface area (Å²) in [6.45, 7) is 15.8. The number of fused-ring (bicyclic) bond motifs is 5. The van der Waals surface area contributed by atoms with Crippen molar-refractivity contribution >= 4 is 0 Å². The molecule has 0 aliphatic heterocycles. The normalized spacial score (nSPS) is 56.2. The van der Waals surface area contributed by atoms with Crippen LogP contribution >= 0.6 is 0 Å². The van der Waals surface area contributed by atoms with E-state index in [1.807, 2.05) is 0 Å². The highest BCUT2D eigenvalue weighted by molar-refractivity contribution is 5.15. The molecule has 4 aliphatic rings. The van der Waals surface area contributed by atoms with Crippen LogP contribution in [0, 0.1) is 45.3 Å². The fraction of sp³-hybridized carbons (Fsp3) is 1.00. The van der Waals surface area contributed by atoms with E-state index in [1.54, 1.807) is 0 Å². The second kappa shape index (κ2) is 5.26. The third kappa shape index (κ3) is 1.98. The molecule has 0 spiro atoms. The molecule has 0 radical (unpaired) electrons. The van der Waals surface area contributed by atoms with E-state index in [4.69, 9.17) is 0 Å². The molecule has 0 bridgehead atoms. The minimum atomic E-state index is 0.585. The molecule has 0 heteroatoms. The largest absolute Gasteiger partial charge is 0.0651 e. The van der Waals surface area contributed by atoms with Gasteiger partial charge in [-0.15, -0.1) is 0 Å². The van der Waals surface area contributed by atoms with Crippen LogP contribution in [-0.4, -0.2) is 0 Å². The molecule has 4 saturated carbocycles. The summed E-state index contributed by atoms with van der Waals surface area (Å²) in [6, 6.07) is 0. The van der Waals surface area contributed by atoms with Gasteiger partial charge in [0.2, 0.25) is 0 Å². The summed E-state index contributed by atoms with van der Waals surface area (Å²) in [5.74, 6) is 4.01. The van der Waals surface area contributed by atoms with Crippen LogP contribution in [0.4, 0.5) is 0 Å². The van der Waals surface area contributed by atoms with Gasteiger partial charge in [0.15, 0.2) is 0 Å². The predicted octanol–water partition coefficient (Wildman–Crippen LogP) is 7.47. The van der Waals surface area contributed by atoms with Gasteiger partial charge < -0.3 is 0 Å². The Hall–Kier alpha value is 0. The van der Waals surface area contributed by atoms with E-state index in [0.717, 1.165) is 23.7 Å². The zero-order valence-electron chi connectivity index (χ0n) is 17.4. The highest BCUT2D eigenvalue weighted by Crippen LogP contribution is 2.74. The van der Waals surface area contributed by atoms with E-state index in [-0.39, 0.29) is 0 Å². The maximum Gasteiger partial charge on any atom is -0.0238 e. The second-order valence-corrected chi connectivity index (χ2v) is 11.7. The lowest BCUT2D eigenvalue weighted by Crippen LogP contribution is -2.59. The van der Waals surface area contributed by atoms with Gasteiger partial charge in [-0.1, -0.05) is 54.4 Å². The zero-order valence-corrected chi connectivity index (χ0v) is 17.4. The van der Waals surface area contributed by atoms with Crippen LogP contribution in [0.3, 0.4) is 0 Å². The van der Waals surface area contributed by atoms with Crippen LogP contribution < -0.4 is 0 Å². The molecule has 24 heavy (non-hydrogen) atoms. The fourth-order valence-corrected chi connectivity index (χ4v) is 9.38. The van der Waals surface area contributed by atoms with Gasteiger partial charge >= 0.3 is 0 Å². The van der Waals surface area contributed by atoms with Gasteiger partial charge in [0.05, 0.1) is 0 Å². The smallest absolute Gasteiger partial charge is 0.0238 e. The standard InChI is InChI=1S/C24H42/c1-7-17-11-15-24(6)19-9-10-20-21(2,3)13-8-14-22(20,4)18(19)12-16-23(17,24)5/h17-20H,7-16H2,1-6H3/t17-,18-,19+,20?,22+,23+,24-/m0/s1. The number of hydrogen-bond donors (Lipinski definition) is 0. The van der Waals surface area contributed by atoms with Crippen LogP contribution in [-0.2, 0) is 0 Å². The molecule has 0 aromatic heterocycles. The number of rotatable bonds is 1. The SMILES string of the molecule is CC[C@H]1CC[C@@]2(C)[C@@H]3CCC4C(C)(C)CCC[C@]4(C)[C@H]3CC[C@]12C. The minimum Gasteiger partial charge on any atom is -0.0651 e. The highest BCUT2D eigenvalue weighted by atomic mass is 14.7. The highest BCUT2D eigenvalue weighted by Gasteiger charge is 2.65. The van der Waals surface area contributed by atoms with Crippen molar-refractivity contribution in [2.45, 2.75) is 106 Å². The predicted molar refractivity (Wildman–Crippen MR) is 104 cm³/mol. The van der Waals surface area contributed by atoms with E-state index in [0.29, 0.717) is 21.7 Å². The van der Waals surface area contributed by atoms with E-state index in [2.05, 4.69) is 41.5 Å². The summed E-state index contributed by atoms with van der Waals surface area (Å²) < 4.78 is 0. The first kappa shape index (κ1) is 17.4. The summed E-state index contributed by atoms with van der Waals surface area (Å²) >= 11 is 0. The Morgan fingerprint density at radius 3 is 2.12 bits per heavy atom. The molecular formula is C24H42. The van der Waals surface area contributed by atoms with Crippen molar-refractivity contribution < 1.29 is 0 Å². The Morgan fingerprint density at radius 2 is 1.42 bits per heavy atom. The summed E-state index contributed by atoms with van der Waals surface area (Å²) in [6.07, 6.45) is 15.0. The monoisotopic (exact) mass is 330 g/mol. The molecule has 0 heterocycles. The fourth-order valence-electron chi connectivity index (χ4n) is 9.38. The van der Waals surface area contributed by atoms with Gasteiger partial charge in [0.1, 0.15) is 0 Å². The maximum absolute atomic E-state index is 2.73. The van der Waals surface area contributed by atoms with Gasteiger partial charge in [0.25, 0.3) is 0 Å². The van der Waals surface area contributed by atoms with Gasteiger partial charge in [0, 0.05) is 0 Å². The van der Waals surface area contributed by atoms with Crippen molar-refractivity contribution in [3.8, 4) is 0 Å².